The third-order valence-corrected chi connectivity index (χ3v) is 28.5. The van der Waals surface area contributed by atoms with Gasteiger partial charge >= 0.3 is 0 Å². The summed E-state index contributed by atoms with van der Waals surface area (Å²) in [5.74, 6) is 0. The molecule has 6 aromatic heterocycles. The second-order valence-electron chi connectivity index (χ2n) is 35.0. The molecule has 0 radical (unpaired) electrons. The predicted octanol–water partition coefficient (Wildman–Crippen LogP) is 34.9. The van der Waals surface area contributed by atoms with Gasteiger partial charge in [0.25, 0.3) is 0 Å². The molecule has 3 nitrogen and oxygen atoms in total. The van der Waals surface area contributed by atoms with Gasteiger partial charge in [-0.15, -0.1) is 0 Å². The van der Waals surface area contributed by atoms with Gasteiger partial charge in [0, 0.05) is 64.6 Å². The Morgan fingerprint density at radius 2 is 0.357 bits per heavy atom. The fourth-order valence-electron chi connectivity index (χ4n) is 23.2. The van der Waals surface area contributed by atoms with E-state index in [9.17, 15) is 0 Å². The fourth-order valence-corrected chi connectivity index (χ4v) is 23.2. The maximum Gasteiger partial charge on any atom is 0.0626 e. The predicted molar refractivity (Wildman–Crippen MR) is 553 cm³/mol. The number of nitrogens with zero attached hydrogens (tertiary/aromatic N) is 3. The van der Waals surface area contributed by atoms with Gasteiger partial charge in [0.2, 0.25) is 0 Å². The number of para-hydroxylation sites is 6. The van der Waals surface area contributed by atoms with Gasteiger partial charge in [0.1, 0.15) is 0 Å². The van der Waals surface area contributed by atoms with Gasteiger partial charge in [-0.3, -0.25) is 0 Å². The van der Waals surface area contributed by atoms with Gasteiger partial charge < -0.3 is 13.2 Å². The normalized spacial score (nSPS) is 12.2. The van der Waals surface area contributed by atoms with E-state index < -0.39 is 0 Å². The number of aromatic nitrogens is 3. The lowest BCUT2D eigenvalue weighted by atomic mass is 9.84. The van der Waals surface area contributed by atoms with E-state index >= 15 is 0 Å². The molecule has 0 aliphatic heterocycles. The summed E-state index contributed by atoms with van der Waals surface area (Å²) < 4.78 is 7.44. The van der Waals surface area contributed by atoms with Crippen molar-refractivity contribution in [1.29, 1.82) is 0 Å². The van der Waals surface area contributed by atoms with Gasteiger partial charge in [-0.2, -0.15) is 0 Å². The third kappa shape index (κ3) is 10.4. The second kappa shape index (κ2) is 27.8. The van der Waals surface area contributed by atoms with Crippen LogP contribution in [-0.4, -0.2) is 13.2 Å². The van der Waals surface area contributed by atoms with Crippen LogP contribution in [0.15, 0.2) is 455 Å². The first-order chi connectivity index (χ1) is 64.1. The molecule has 0 amide bonds. The highest BCUT2D eigenvalue weighted by Crippen LogP contribution is 2.54. The van der Waals surface area contributed by atoms with Crippen molar-refractivity contribution in [3.8, 4) is 66.8 Å². The lowest BCUT2D eigenvalue weighted by Gasteiger charge is -2.19. The van der Waals surface area contributed by atoms with Crippen molar-refractivity contribution >= 4 is 211 Å². The minimum atomic E-state index is 1.24. The molecule has 0 aliphatic rings. The zero-order chi connectivity index (χ0) is 84.2. The maximum atomic E-state index is 2.48. The summed E-state index contributed by atoms with van der Waals surface area (Å²) in [7, 11) is 0. The Kier molecular flexibility index (Phi) is 15.4. The summed E-state index contributed by atoms with van der Waals surface area (Å²) in [4.78, 5) is 0. The van der Waals surface area contributed by atoms with Crippen molar-refractivity contribution in [3.05, 3.63) is 455 Å². The molecule has 24 aromatic carbocycles. The topological polar surface area (TPSA) is 13.2 Å². The molecule has 594 valence electrons. The van der Waals surface area contributed by atoms with Crippen molar-refractivity contribution in [2.24, 2.45) is 0 Å². The van der Waals surface area contributed by atoms with Gasteiger partial charge in [-0.25, -0.2) is 0 Å². The standard InChI is InChI=1S/3C42H25N/c1-2-12-27-25-28(22-21-26(27)11-1)39-30-14-3-5-16-32(30)40(33-17-6-4-15-31(33)39)36-24-23-34-29-13-7-9-19-37(29)43-38-20-10-8-18-35(38)41(36)42(34)43;1-2-13-28-26(11-1)12-9-19-31(28)41-34-17-5-3-15-32(34)40(33-16-4-6-18-35(33)41)27-23-24-30-37-21-10-20-36-29-14-7-8-22-38(29)43(42(36)37)39(30)25-27;1-2-11-27-24-28(21-20-26(27)10-1)40-32-13-3-5-15-34(32)41(35-16-6-4-14-33(35)40)29-22-23-31-37-18-9-17-36-30-12-7-8-19-38(30)43(42(36)37)39(31)25-29/h3*1-25H. The fraction of sp³-hybridized carbons (Fsp3) is 0. The molecule has 3 heteroatoms. The van der Waals surface area contributed by atoms with Gasteiger partial charge in [0.15, 0.2) is 0 Å². The van der Waals surface area contributed by atoms with Crippen LogP contribution >= 0.6 is 0 Å². The number of hydrogen-bond acceptors (Lipinski definition) is 0. The van der Waals surface area contributed by atoms with Crippen LogP contribution in [0.5, 0.6) is 0 Å². The van der Waals surface area contributed by atoms with Crippen LogP contribution in [0.4, 0.5) is 0 Å². The van der Waals surface area contributed by atoms with Crippen molar-refractivity contribution < 1.29 is 0 Å². The Bertz CT molecular complexity index is 9790. The number of benzene rings is 24. The minimum Gasteiger partial charge on any atom is -0.308 e. The van der Waals surface area contributed by atoms with E-state index in [1.807, 2.05) is 0 Å². The molecule has 0 spiro atoms. The van der Waals surface area contributed by atoms with Crippen LogP contribution in [0.25, 0.3) is 278 Å². The molecule has 0 aliphatic carbocycles. The molecule has 30 aromatic rings. The quantitative estimate of drug-likeness (QED) is 0.147. The largest absolute Gasteiger partial charge is 0.308 e. The Morgan fingerprint density at radius 1 is 0.116 bits per heavy atom. The smallest absolute Gasteiger partial charge is 0.0626 e. The average Bonchev–Trinajstić information content (AvgIpc) is 1.56. The molecular weight excluding hydrogens is 1560 g/mol. The Labute approximate surface area is 740 Å². The molecule has 0 unspecified atom stereocenters. The average molecular weight is 1630 g/mol. The van der Waals surface area contributed by atoms with Crippen LogP contribution < -0.4 is 0 Å². The van der Waals surface area contributed by atoms with Crippen molar-refractivity contribution in [1.82, 2.24) is 13.2 Å². The molecular formula is C126H75N3. The highest BCUT2D eigenvalue weighted by atomic mass is 14.9. The first-order valence-corrected chi connectivity index (χ1v) is 44.9. The minimum absolute atomic E-state index is 1.24. The summed E-state index contributed by atoms with van der Waals surface area (Å²) in [6.07, 6.45) is 0. The van der Waals surface area contributed by atoms with Gasteiger partial charge in [-0.05, 0) is 212 Å². The summed E-state index contributed by atoms with van der Waals surface area (Å²) in [5, 5.41) is 38.7. The van der Waals surface area contributed by atoms with E-state index in [1.54, 1.807) is 0 Å². The highest BCUT2D eigenvalue weighted by molar-refractivity contribution is 6.33. The molecule has 0 fully saturated rings. The second-order valence-corrected chi connectivity index (χ2v) is 35.0. The SMILES string of the molecule is c1ccc2c(-c3c4ccccc4c(-c4ccc5c6cccc7c8ccccc8n(c5c4)c76)c4ccccc34)cccc2c1.c1ccc2cc(-c3c4ccccc4c(-c4ccc5c6cccc7c8ccccc8n(c5c4)c76)c4ccccc34)ccc2c1.c1ccc2cc(-c3c4ccccc4c(-c4ccc5c6ccccc6n6c7ccccc7c4c56)c4ccccc34)ccc2c1. The van der Waals surface area contributed by atoms with Gasteiger partial charge in [-0.1, -0.05) is 406 Å². The van der Waals surface area contributed by atoms with Crippen LogP contribution in [0.1, 0.15) is 0 Å². The zero-order valence-corrected chi connectivity index (χ0v) is 70.1. The van der Waals surface area contributed by atoms with E-state index in [4.69, 9.17) is 0 Å². The highest BCUT2D eigenvalue weighted by Gasteiger charge is 2.28. The van der Waals surface area contributed by atoms with Crippen molar-refractivity contribution in [2.75, 3.05) is 0 Å². The Hall–Kier alpha value is -17.0. The van der Waals surface area contributed by atoms with E-state index in [2.05, 4.69) is 468 Å². The maximum absolute atomic E-state index is 2.48. The Morgan fingerprint density at radius 3 is 0.744 bits per heavy atom. The summed E-state index contributed by atoms with van der Waals surface area (Å²) in [6.45, 7) is 0. The van der Waals surface area contributed by atoms with Crippen molar-refractivity contribution in [2.45, 2.75) is 0 Å². The molecule has 0 bridgehead atoms. The molecule has 0 saturated heterocycles. The van der Waals surface area contributed by atoms with E-state index in [1.165, 1.54) is 278 Å². The molecule has 129 heavy (non-hydrogen) atoms. The monoisotopic (exact) mass is 1630 g/mol. The lowest BCUT2D eigenvalue weighted by Crippen LogP contribution is -1.92. The van der Waals surface area contributed by atoms with Crippen LogP contribution in [0, 0.1) is 0 Å². The van der Waals surface area contributed by atoms with Gasteiger partial charge in [0.05, 0.1) is 49.7 Å². The summed E-state index contributed by atoms with van der Waals surface area (Å²) >= 11 is 0. The molecule has 0 saturated carbocycles. The number of rotatable bonds is 6. The summed E-state index contributed by atoms with van der Waals surface area (Å²) in [6, 6.07) is 168. The zero-order valence-electron chi connectivity index (χ0n) is 70.1. The molecule has 0 N–H and O–H groups in total. The number of hydrogen-bond donors (Lipinski definition) is 0. The van der Waals surface area contributed by atoms with Crippen molar-refractivity contribution in [3.63, 3.8) is 0 Å². The van der Waals surface area contributed by atoms with Crippen LogP contribution in [0.2, 0.25) is 0 Å². The summed E-state index contributed by atoms with van der Waals surface area (Å²) in [5.41, 5.74) is 26.9. The van der Waals surface area contributed by atoms with Crippen LogP contribution in [-0.2, 0) is 0 Å². The first kappa shape index (κ1) is 71.4. The van der Waals surface area contributed by atoms with E-state index in [-0.39, 0.29) is 0 Å². The molecule has 30 rings (SSSR count). The molecule has 0 atom stereocenters. The van der Waals surface area contributed by atoms with E-state index in [0.29, 0.717) is 0 Å². The van der Waals surface area contributed by atoms with Crippen LogP contribution in [0.3, 0.4) is 0 Å². The third-order valence-electron chi connectivity index (χ3n) is 28.5. The Balaban J connectivity index is 0.0000000976. The molecule has 6 heterocycles. The number of fused-ring (bicyclic) bond motifs is 27. The first-order valence-electron chi connectivity index (χ1n) is 44.9. The van der Waals surface area contributed by atoms with E-state index in [0.717, 1.165) is 0 Å². The lowest BCUT2D eigenvalue weighted by molar-refractivity contribution is 1.37.